The van der Waals surface area contributed by atoms with E-state index in [0.29, 0.717) is 0 Å². The van der Waals surface area contributed by atoms with Crippen molar-refractivity contribution >= 4 is 11.4 Å². The fourth-order valence-electron chi connectivity index (χ4n) is 1.42. The molecule has 1 aliphatic rings. The number of hydrogen-bond acceptors (Lipinski definition) is 2. The molecule has 0 atom stereocenters. The monoisotopic (exact) mass is 148 g/mol. The number of fused-ring (bicyclic) bond motifs is 1. The van der Waals surface area contributed by atoms with Crippen LogP contribution in [0.3, 0.4) is 0 Å². The lowest BCUT2D eigenvalue weighted by atomic mass is 10.1. The van der Waals surface area contributed by atoms with Crippen LogP contribution < -0.4 is 10.6 Å². The highest BCUT2D eigenvalue weighted by Gasteiger charge is 2.11. The van der Waals surface area contributed by atoms with Gasteiger partial charge in [-0.15, -0.1) is 0 Å². The van der Waals surface area contributed by atoms with E-state index in [1.807, 2.05) is 0 Å². The van der Waals surface area contributed by atoms with Gasteiger partial charge in [0.1, 0.15) is 0 Å². The molecule has 0 amide bonds. The summed E-state index contributed by atoms with van der Waals surface area (Å²) in [5.74, 6) is 0. The van der Waals surface area contributed by atoms with Gasteiger partial charge in [0.15, 0.2) is 0 Å². The lowest BCUT2D eigenvalue weighted by Gasteiger charge is -2.05. The molecule has 11 heavy (non-hydrogen) atoms. The van der Waals surface area contributed by atoms with E-state index in [1.54, 1.807) is 0 Å². The van der Waals surface area contributed by atoms with Crippen molar-refractivity contribution in [1.82, 2.24) is 0 Å². The molecule has 0 aliphatic carbocycles. The van der Waals surface area contributed by atoms with Gasteiger partial charge in [0, 0.05) is 0 Å². The van der Waals surface area contributed by atoms with Crippen LogP contribution in [-0.4, -0.2) is 6.67 Å². The molecule has 0 spiro atoms. The van der Waals surface area contributed by atoms with E-state index in [-0.39, 0.29) is 0 Å². The van der Waals surface area contributed by atoms with Gasteiger partial charge in [0.25, 0.3) is 0 Å². The molecule has 1 heterocycles. The molecule has 58 valence electrons. The van der Waals surface area contributed by atoms with Crippen LogP contribution in [0, 0.1) is 13.8 Å². The maximum Gasteiger partial charge on any atom is 0.0850 e. The first-order chi connectivity index (χ1) is 5.29. The molecule has 1 aliphatic heterocycles. The standard InChI is InChI=1S/C9H12N2/c1-6-3-4-8-9(7(6)2)11-5-10-8/h3-4,10-11H,5H2,1-2H3. The van der Waals surface area contributed by atoms with Crippen molar-refractivity contribution in [2.24, 2.45) is 0 Å². The third-order valence-corrected chi connectivity index (χ3v) is 2.28. The van der Waals surface area contributed by atoms with Crippen LogP contribution in [0.4, 0.5) is 11.4 Å². The number of aryl methyl sites for hydroxylation is 1. The van der Waals surface area contributed by atoms with Crippen molar-refractivity contribution < 1.29 is 0 Å². The van der Waals surface area contributed by atoms with Crippen molar-refractivity contribution in [1.29, 1.82) is 0 Å². The Bertz CT molecular complexity index is 292. The molecule has 0 aromatic heterocycles. The Hall–Kier alpha value is -1.18. The Labute approximate surface area is 66.6 Å². The maximum atomic E-state index is 3.30. The zero-order valence-electron chi connectivity index (χ0n) is 6.86. The van der Waals surface area contributed by atoms with Crippen molar-refractivity contribution in [3.63, 3.8) is 0 Å². The Morgan fingerprint density at radius 1 is 1.18 bits per heavy atom. The predicted octanol–water partition coefficient (Wildman–Crippen LogP) is 2.10. The van der Waals surface area contributed by atoms with Crippen molar-refractivity contribution in [2.75, 3.05) is 17.3 Å². The number of benzene rings is 1. The van der Waals surface area contributed by atoms with E-state index >= 15 is 0 Å². The van der Waals surface area contributed by atoms with E-state index in [1.165, 1.54) is 22.5 Å². The number of hydrogen-bond donors (Lipinski definition) is 2. The molecule has 0 radical (unpaired) electrons. The topological polar surface area (TPSA) is 24.1 Å². The van der Waals surface area contributed by atoms with Crippen LogP contribution in [-0.2, 0) is 0 Å². The van der Waals surface area contributed by atoms with Crippen LogP contribution in [0.15, 0.2) is 12.1 Å². The Morgan fingerprint density at radius 3 is 2.82 bits per heavy atom. The first-order valence-electron chi connectivity index (χ1n) is 3.87. The van der Waals surface area contributed by atoms with Gasteiger partial charge in [-0.25, -0.2) is 0 Å². The highest BCUT2D eigenvalue weighted by Crippen LogP contribution is 2.31. The van der Waals surface area contributed by atoms with Crippen molar-refractivity contribution in [3.05, 3.63) is 23.3 Å². The third kappa shape index (κ3) is 0.862. The molecule has 0 unspecified atom stereocenters. The van der Waals surface area contributed by atoms with Gasteiger partial charge in [-0.1, -0.05) is 6.07 Å². The molecule has 2 nitrogen and oxygen atoms in total. The van der Waals surface area contributed by atoms with E-state index in [4.69, 9.17) is 0 Å². The van der Waals surface area contributed by atoms with E-state index in [9.17, 15) is 0 Å². The number of nitrogens with one attached hydrogen (secondary N) is 2. The summed E-state index contributed by atoms with van der Waals surface area (Å²) < 4.78 is 0. The first kappa shape index (κ1) is 6.53. The van der Waals surface area contributed by atoms with Crippen LogP contribution in [0.2, 0.25) is 0 Å². The number of anilines is 2. The minimum Gasteiger partial charge on any atom is -0.366 e. The zero-order chi connectivity index (χ0) is 7.84. The summed E-state index contributed by atoms with van der Waals surface area (Å²) in [6.07, 6.45) is 0. The van der Waals surface area contributed by atoms with Gasteiger partial charge < -0.3 is 10.6 Å². The fourth-order valence-corrected chi connectivity index (χ4v) is 1.42. The molecule has 0 saturated carbocycles. The van der Waals surface area contributed by atoms with Gasteiger partial charge in [-0.2, -0.15) is 0 Å². The Balaban J connectivity index is 2.62. The normalized spacial score (nSPS) is 13.6. The average molecular weight is 148 g/mol. The second-order valence-electron chi connectivity index (χ2n) is 2.96. The van der Waals surface area contributed by atoms with Crippen LogP contribution in [0.5, 0.6) is 0 Å². The van der Waals surface area contributed by atoms with E-state index in [2.05, 4.69) is 36.6 Å². The molecule has 1 aromatic rings. The lowest BCUT2D eigenvalue weighted by molar-refractivity contribution is 1.29. The van der Waals surface area contributed by atoms with Crippen LogP contribution >= 0.6 is 0 Å². The van der Waals surface area contributed by atoms with Gasteiger partial charge in [0.05, 0.1) is 18.0 Å². The molecule has 2 N–H and O–H groups in total. The van der Waals surface area contributed by atoms with E-state index < -0.39 is 0 Å². The second-order valence-corrected chi connectivity index (χ2v) is 2.96. The van der Waals surface area contributed by atoms with Crippen LogP contribution in [0.25, 0.3) is 0 Å². The Kier molecular flexibility index (Phi) is 1.28. The molecule has 0 fully saturated rings. The largest absolute Gasteiger partial charge is 0.366 e. The molecular formula is C9H12N2. The fraction of sp³-hybridized carbons (Fsp3) is 0.333. The summed E-state index contributed by atoms with van der Waals surface area (Å²) in [4.78, 5) is 0. The maximum absolute atomic E-state index is 3.30. The molecular weight excluding hydrogens is 136 g/mol. The predicted molar refractivity (Wildman–Crippen MR) is 48.0 cm³/mol. The summed E-state index contributed by atoms with van der Waals surface area (Å²) in [5.41, 5.74) is 5.20. The average Bonchev–Trinajstić information content (AvgIpc) is 2.45. The molecule has 0 saturated heterocycles. The smallest absolute Gasteiger partial charge is 0.0850 e. The van der Waals surface area contributed by atoms with Crippen LogP contribution in [0.1, 0.15) is 11.1 Å². The lowest BCUT2D eigenvalue weighted by Crippen LogP contribution is -1.99. The molecule has 2 rings (SSSR count). The highest BCUT2D eigenvalue weighted by molar-refractivity contribution is 5.77. The second kappa shape index (κ2) is 2.16. The highest BCUT2D eigenvalue weighted by atomic mass is 15.1. The minimum atomic E-state index is 0.861. The van der Waals surface area contributed by atoms with Crippen molar-refractivity contribution in [2.45, 2.75) is 13.8 Å². The Morgan fingerprint density at radius 2 is 2.00 bits per heavy atom. The van der Waals surface area contributed by atoms with Gasteiger partial charge in [0.2, 0.25) is 0 Å². The van der Waals surface area contributed by atoms with Gasteiger partial charge in [-0.05, 0) is 31.0 Å². The van der Waals surface area contributed by atoms with Gasteiger partial charge >= 0.3 is 0 Å². The molecule has 0 bridgehead atoms. The first-order valence-corrected chi connectivity index (χ1v) is 3.87. The molecule has 1 aromatic carbocycles. The summed E-state index contributed by atoms with van der Waals surface area (Å²) in [5, 5.41) is 6.56. The van der Waals surface area contributed by atoms with E-state index in [0.717, 1.165) is 6.67 Å². The third-order valence-electron chi connectivity index (χ3n) is 2.28. The number of rotatable bonds is 0. The quantitative estimate of drug-likeness (QED) is 0.588. The van der Waals surface area contributed by atoms with Crippen molar-refractivity contribution in [3.8, 4) is 0 Å². The SMILES string of the molecule is Cc1ccc2c(c1C)NCN2. The zero-order valence-corrected chi connectivity index (χ0v) is 6.86. The minimum absolute atomic E-state index is 0.861. The summed E-state index contributed by atoms with van der Waals surface area (Å²) in [6.45, 7) is 5.14. The summed E-state index contributed by atoms with van der Waals surface area (Å²) in [6, 6.07) is 4.27. The summed E-state index contributed by atoms with van der Waals surface area (Å²) >= 11 is 0. The molecule has 2 heteroatoms. The van der Waals surface area contributed by atoms with Gasteiger partial charge in [-0.3, -0.25) is 0 Å². The summed E-state index contributed by atoms with van der Waals surface area (Å²) in [7, 11) is 0.